The number of halogens is 2. The summed E-state index contributed by atoms with van der Waals surface area (Å²) in [5.74, 6) is -1.53. The number of aliphatic hydroxyl groups is 1. The molecule has 0 unspecified atom stereocenters. The fourth-order valence-electron chi connectivity index (χ4n) is 3.24. The molecule has 1 aliphatic heterocycles. The number of benzene rings is 2. The lowest BCUT2D eigenvalue weighted by Crippen LogP contribution is -2.31. The van der Waals surface area contributed by atoms with Crippen LogP contribution in [-0.2, 0) is 14.3 Å². The summed E-state index contributed by atoms with van der Waals surface area (Å²) in [6.45, 7) is 0.809. The van der Waals surface area contributed by atoms with Gasteiger partial charge in [0.15, 0.2) is 0 Å². The molecular formula is C21H19BrClNO4. The number of carbonyl (C=O) groups excluding carboxylic acids is 2. The normalized spacial score (nSPS) is 18.7. The van der Waals surface area contributed by atoms with Crippen LogP contribution >= 0.6 is 27.5 Å². The number of ether oxygens (including phenoxy) is 1. The monoisotopic (exact) mass is 463 g/mol. The summed E-state index contributed by atoms with van der Waals surface area (Å²) >= 11 is 9.31. The lowest BCUT2D eigenvalue weighted by atomic mass is 9.95. The molecule has 0 radical (unpaired) electrons. The van der Waals surface area contributed by atoms with Crippen LogP contribution in [0.4, 0.5) is 0 Å². The van der Waals surface area contributed by atoms with Crippen LogP contribution in [0.3, 0.4) is 0 Å². The number of likely N-dealkylation sites (tertiary alicyclic amines) is 1. The number of methoxy groups -OCH3 is 1. The van der Waals surface area contributed by atoms with E-state index in [-0.39, 0.29) is 11.3 Å². The van der Waals surface area contributed by atoms with Crippen LogP contribution in [0.15, 0.2) is 58.6 Å². The first kappa shape index (κ1) is 20.6. The largest absolute Gasteiger partial charge is 0.507 e. The van der Waals surface area contributed by atoms with Crippen LogP contribution in [-0.4, -0.2) is 42.0 Å². The van der Waals surface area contributed by atoms with Crippen molar-refractivity contribution in [2.75, 3.05) is 20.3 Å². The summed E-state index contributed by atoms with van der Waals surface area (Å²) in [5, 5.41) is 11.4. The van der Waals surface area contributed by atoms with E-state index in [1.165, 1.54) is 4.90 Å². The van der Waals surface area contributed by atoms with Gasteiger partial charge in [-0.25, -0.2) is 0 Å². The van der Waals surface area contributed by atoms with E-state index in [1.807, 2.05) is 24.3 Å². The molecule has 28 heavy (non-hydrogen) atoms. The second-order valence-electron chi connectivity index (χ2n) is 6.40. The molecule has 0 aromatic heterocycles. The Morgan fingerprint density at radius 3 is 2.39 bits per heavy atom. The van der Waals surface area contributed by atoms with Gasteiger partial charge in [-0.1, -0.05) is 39.7 Å². The second-order valence-corrected chi connectivity index (χ2v) is 7.75. The zero-order chi connectivity index (χ0) is 20.3. The molecule has 0 bridgehead atoms. The summed E-state index contributed by atoms with van der Waals surface area (Å²) in [4.78, 5) is 27.0. The van der Waals surface area contributed by atoms with Gasteiger partial charge in [0, 0.05) is 35.3 Å². The number of hydrogen-bond donors (Lipinski definition) is 1. The molecule has 5 nitrogen and oxygen atoms in total. The number of carbonyl (C=O) groups is 2. The fourth-order valence-corrected chi connectivity index (χ4v) is 3.64. The third kappa shape index (κ3) is 4.14. The minimum Gasteiger partial charge on any atom is -0.507 e. The van der Waals surface area contributed by atoms with Gasteiger partial charge < -0.3 is 14.7 Å². The molecule has 3 rings (SSSR count). The van der Waals surface area contributed by atoms with Crippen molar-refractivity contribution < 1.29 is 19.4 Å². The lowest BCUT2D eigenvalue weighted by Gasteiger charge is -2.25. The Bertz CT molecular complexity index is 909. The van der Waals surface area contributed by atoms with E-state index in [4.69, 9.17) is 16.3 Å². The van der Waals surface area contributed by atoms with E-state index < -0.39 is 17.7 Å². The predicted octanol–water partition coefficient (Wildman–Crippen LogP) is 4.56. The molecule has 1 fully saturated rings. The Hall–Kier alpha value is -2.15. The van der Waals surface area contributed by atoms with Crippen molar-refractivity contribution in [2.45, 2.75) is 12.5 Å². The third-order valence-corrected chi connectivity index (χ3v) is 5.37. The van der Waals surface area contributed by atoms with Crippen molar-refractivity contribution in [1.82, 2.24) is 4.90 Å². The summed E-state index contributed by atoms with van der Waals surface area (Å²) < 4.78 is 5.95. The molecule has 1 atom stereocenters. The molecular weight excluding hydrogens is 446 g/mol. The molecule has 146 valence electrons. The van der Waals surface area contributed by atoms with Crippen molar-refractivity contribution >= 4 is 45.0 Å². The van der Waals surface area contributed by atoms with Crippen LogP contribution < -0.4 is 0 Å². The van der Waals surface area contributed by atoms with E-state index in [1.54, 1.807) is 31.4 Å². The number of aliphatic hydroxyl groups excluding tert-OH is 1. The zero-order valence-electron chi connectivity index (χ0n) is 15.2. The summed E-state index contributed by atoms with van der Waals surface area (Å²) in [6, 6.07) is 13.2. The minimum absolute atomic E-state index is 0.0760. The van der Waals surface area contributed by atoms with Gasteiger partial charge in [-0.3, -0.25) is 9.59 Å². The number of rotatable bonds is 6. The number of ketones is 1. The molecule has 2 aromatic carbocycles. The Morgan fingerprint density at radius 1 is 1.14 bits per heavy atom. The first-order valence-corrected chi connectivity index (χ1v) is 9.90. The highest BCUT2D eigenvalue weighted by atomic mass is 79.9. The SMILES string of the molecule is COCCCN1C(=O)C(=O)C(=C(O)c2ccc(Cl)cc2)[C@H]1c1ccc(Br)cc1. The van der Waals surface area contributed by atoms with Crippen LogP contribution in [0.5, 0.6) is 0 Å². The standard InChI is InChI=1S/C21H19BrClNO4/c1-28-12-2-11-24-18(13-3-7-15(22)8-4-13)17(20(26)21(24)27)19(25)14-5-9-16(23)10-6-14/h3-10,18,25H,2,11-12H2,1H3/t18-/m1/s1. The zero-order valence-corrected chi connectivity index (χ0v) is 17.5. The molecule has 1 amide bonds. The Labute approximate surface area is 176 Å². The molecule has 0 aliphatic carbocycles. The smallest absolute Gasteiger partial charge is 0.295 e. The maximum atomic E-state index is 12.8. The highest BCUT2D eigenvalue weighted by Gasteiger charge is 2.45. The molecule has 7 heteroatoms. The van der Waals surface area contributed by atoms with Crippen molar-refractivity contribution in [2.24, 2.45) is 0 Å². The van der Waals surface area contributed by atoms with Crippen molar-refractivity contribution in [3.8, 4) is 0 Å². The Balaban J connectivity index is 2.10. The Kier molecular flexibility index (Phi) is 6.54. The molecule has 2 aromatic rings. The minimum atomic E-state index is -0.696. The van der Waals surface area contributed by atoms with Crippen LogP contribution in [0, 0.1) is 0 Å². The van der Waals surface area contributed by atoms with Crippen LogP contribution in [0.2, 0.25) is 5.02 Å². The quantitative estimate of drug-likeness (QED) is 0.294. The van der Waals surface area contributed by atoms with Gasteiger partial charge in [-0.2, -0.15) is 0 Å². The summed E-state index contributed by atoms with van der Waals surface area (Å²) in [7, 11) is 1.58. The number of Topliss-reactive ketones (excluding diaryl/α,β-unsaturated/α-hetero) is 1. The average molecular weight is 465 g/mol. The topological polar surface area (TPSA) is 66.8 Å². The van der Waals surface area contributed by atoms with E-state index in [0.29, 0.717) is 30.2 Å². The molecule has 0 spiro atoms. The van der Waals surface area contributed by atoms with Gasteiger partial charge >= 0.3 is 0 Å². The van der Waals surface area contributed by atoms with Crippen LogP contribution in [0.25, 0.3) is 5.76 Å². The predicted molar refractivity (Wildman–Crippen MR) is 111 cm³/mol. The van der Waals surface area contributed by atoms with Crippen molar-refractivity contribution in [1.29, 1.82) is 0 Å². The lowest BCUT2D eigenvalue weighted by molar-refractivity contribution is -0.140. The fraction of sp³-hybridized carbons (Fsp3) is 0.238. The average Bonchev–Trinajstić information content (AvgIpc) is 2.94. The van der Waals surface area contributed by atoms with E-state index in [0.717, 1.165) is 10.0 Å². The highest BCUT2D eigenvalue weighted by molar-refractivity contribution is 9.10. The number of hydrogen-bond acceptors (Lipinski definition) is 4. The number of nitrogens with zero attached hydrogens (tertiary/aromatic N) is 1. The molecule has 1 saturated heterocycles. The van der Waals surface area contributed by atoms with Gasteiger partial charge in [0.2, 0.25) is 0 Å². The van der Waals surface area contributed by atoms with Crippen LogP contribution in [0.1, 0.15) is 23.6 Å². The van der Waals surface area contributed by atoms with Gasteiger partial charge in [-0.05, 0) is 48.4 Å². The highest BCUT2D eigenvalue weighted by Crippen LogP contribution is 2.39. The first-order valence-electron chi connectivity index (χ1n) is 8.72. The van der Waals surface area contributed by atoms with Crippen molar-refractivity contribution in [3.63, 3.8) is 0 Å². The van der Waals surface area contributed by atoms with Crippen molar-refractivity contribution in [3.05, 3.63) is 74.7 Å². The summed E-state index contributed by atoms with van der Waals surface area (Å²) in [5.41, 5.74) is 1.25. The first-order chi connectivity index (χ1) is 13.4. The molecule has 0 saturated carbocycles. The third-order valence-electron chi connectivity index (χ3n) is 4.59. The van der Waals surface area contributed by atoms with Gasteiger partial charge in [-0.15, -0.1) is 0 Å². The van der Waals surface area contributed by atoms with E-state index in [9.17, 15) is 14.7 Å². The maximum Gasteiger partial charge on any atom is 0.295 e. The maximum absolute atomic E-state index is 12.8. The molecule has 1 N–H and O–H groups in total. The van der Waals surface area contributed by atoms with E-state index >= 15 is 0 Å². The van der Waals surface area contributed by atoms with E-state index in [2.05, 4.69) is 15.9 Å². The molecule has 1 heterocycles. The second kappa shape index (κ2) is 8.90. The molecule has 1 aliphatic rings. The summed E-state index contributed by atoms with van der Waals surface area (Å²) in [6.07, 6.45) is 0.581. The van der Waals surface area contributed by atoms with Gasteiger partial charge in [0.25, 0.3) is 11.7 Å². The van der Waals surface area contributed by atoms with Gasteiger partial charge in [0.1, 0.15) is 5.76 Å². The van der Waals surface area contributed by atoms with Gasteiger partial charge in [0.05, 0.1) is 11.6 Å². The number of amides is 1. The Morgan fingerprint density at radius 2 is 1.79 bits per heavy atom.